The smallest absolute Gasteiger partial charge is 0.139 e. The number of rotatable bonds is 4. The van der Waals surface area contributed by atoms with E-state index in [4.69, 9.17) is 0 Å². The number of Topliss-reactive ketones (excluding diaryl/α,β-unsaturated/α-hetero) is 1. The summed E-state index contributed by atoms with van der Waals surface area (Å²) in [4.78, 5) is 12.0. The highest BCUT2D eigenvalue weighted by atomic mass is 16.1. The Hall–Kier alpha value is -0.630. The minimum absolute atomic E-state index is 0.0687. The highest BCUT2D eigenvalue weighted by Crippen LogP contribution is 2.30. The second-order valence-electron chi connectivity index (χ2n) is 4.69. The molecule has 1 rings (SSSR count). The molecule has 14 heavy (non-hydrogen) atoms. The van der Waals surface area contributed by atoms with E-state index < -0.39 is 0 Å². The van der Waals surface area contributed by atoms with Crippen LogP contribution in [0, 0.1) is 5.41 Å². The van der Waals surface area contributed by atoms with Gasteiger partial charge in [0, 0.05) is 11.8 Å². The molecule has 1 aliphatic rings. The van der Waals surface area contributed by atoms with Crippen LogP contribution in [0.5, 0.6) is 0 Å². The van der Waals surface area contributed by atoms with Crippen LogP contribution in [0.2, 0.25) is 0 Å². The Morgan fingerprint density at radius 1 is 1.36 bits per heavy atom. The lowest BCUT2D eigenvalue weighted by atomic mass is 9.75. The van der Waals surface area contributed by atoms with Gasteiger partial charge in [0.1, 0.15) is 5.78 Å². The summed E-state index contributed by atoms with van der Waals surface area (Å²) in [5, 5.41) is 3.29. The van der Waals surface area contributed by atoms with E-state index in [0.717, 1.165) is 37.9 Å². The van der Waals surface area contributed by atoms with E-state index in [1.807, 2.05) is 6.92 Å². The highest BCUT2D eigenvalue weighted by molar-refractivity contribution is 5.84. The number of allylic oxidation sites excluding steroid dienone is 1. The van der Waals surface area contributed by atoms with Crippen molar-refractivity contribution < 1.29 is 4.79 Å². The molecule has 0 aromatic heterocycles. The number of carbonyl (C=O) groups is 1. The molecule has 0 saturated carbocycles. The molecule has 1 N–H and O–H groups in total. The Labute approximate surface area is 86.8 Å². The number of hydrogen-bond acceptors (Lipinski definition) is 2. The highest BCUT2D eigenvalue weighted by Gasteiger charge is 2.33. The van der Waals surface area contributed by atoms with E-state index >= 15 is 0 Å². The maximum atomic E-state index is 12.0. The topological polar surface area (TPSA) is 29.1 Å². The predicted octanol–water partition coefficient (Wildman–Crippen LogP) is 2.30. The van der Waals surface area contributed by atoms with Gasteiger partial charge in [-0.25, -0.2) is 0 Å². The molecule has 0 atom stereocenters. The van der Waals surface area contributed by atoms with Crippen LogP contribution in [0.15, 0.2) is 12.2 Å². The first-order valence-electron chi connectivity index (χ1n) is 5.43. The van der Waals surface area contributed by atoms with E-state index in [0.29, 0.717) is 12.2 Å². The first-order chi connectivity index (χ1) is 6.54. The molecule has 1 heterocycles. The number of piperidine rings is 1. The Morgan fingerprint density at radius 2 is 1.93 bits per heavy atom. The van der Waals surface area contributed by atoms with Gasteiger partial charge in [-0.3, -0.25) is 4.79 Å². The molecular weight excluding hydrogens is 174 g/mol. The normalized spacial score (nSPS) is 20.4. The van der Waals surface area contributed by atoms with Gasteiger partial charge in [-0.05, 0) is 39.3 Å². The molecule has 0 unspecified atom stereocenters. The quantitative estimate of drug-likeness (QED) is 0.697. The molecule has 0 aromatic rings. The Morgan fingerprint density at radius 3 is 2.43 bits per heavy atom. The van der Waals surface area contributed by atoms with E-state index in [1.54, 1.807) is 0 Å². The fourth-order valence-electron chi connectivity index (χ4n) is 1.89. The molecule has 0 aliphatic carbocycles. The Balaban J connectivity index is 2.45. The molecule has 0 radical (unpaired) electrons. The molecule has 0 spiro atoms. The number of hydrogen-bond donors (Lipinski definition) is 1. The van der Waals surface area contributed by atoms with Crippen LogP contribution in [0.4, 0.5) is 0 Å². The third kappa shape index (κ3) is 2.95. The summed E-state index contributed by atoms with van der Waals surface area (Å²) in [6.07, 6.45) is 3.50. The summed E-state index contributed by atoms with van der Waals surface area (Å²) in [5.41, 5.74) is 1.04. The summed E-state index contributed by atoms with van der Waals surface area (Å²) in [7, 11) is 0. The van der Waals surface area contributed by atoms with Gasteiger partial charge in [0.25, 0.3) is 0 Å². The van der Waals surface area contributed by atoms with Gasteiger partial charge < -0.3 is 5.32 Å². The lowest BCUT2D eigenvalue weighted by Crippen LogP contribution is -2.40. The van der Waals surface area contributed by atoms with Crippen molar-refractivity contribution in [1.29, 1.82) is 0 Å². The molecule has 2 nitrogen and oxygen atoms in total. The van der Waals surface area contributed by atoms with Crippen molar-refractivity contribution >= 4 is 5.78 Å². The standard InChI is InChI=1S/C12H21NO/c1-10(2)4-5-11(14)12(3)6-8-13-9-7-12/h13H,1,4-9H2,2-3H3. The monoisotopic (exact) mass is 195 g/mol. The summed E-state index contributed by atoms with van der Waals surface area (Å²) in [6.45, 7) is 9.88. The molecule has 0 bridgehead atoms. The Kier molecular flexibility index (Phi) is 3.87. The first kappa shape index (κ1) is 11.4. The van der Waals surface area contributed by atoms with E-state index in [-0.39, 0.29) is 5.41 Å². The molecule has 80 valence electrons. The van der Waals surface area contributed by atoms with Crippen LogP contribution in [0.1, 0.15) is 39.5 Å². The van der Waals surface area contributed by atoms with Crippen molar-refractivity contribution in [2.24, 2.45) is 5.41 Å². The number of nitrogens with one attached hydrogen (secondary N) is 1. The SMILES string of the molecule is C=C(C)CCC(=O)C1(C)CCNCC1. The molecule has 1 saturated heterocycles. The maximum Gasteiger partial charge on any atom is 0.139 e. The van der Waals surface area contributed by atoms with Crippen LogP contribution in [0.3, 0.4) is 0 Å². The van der Waals surface area contributed by atoms with Crippen LogP contribution >= 0.6 is 0 Å². The third-order valence-electron chi connectivity index (χ3n) is 3.16. The van der Waals surface area contributed by atoms with E-state index in [2.05, 4.69) is 18.8 Å². The van der Waals surface area contributed by atoms with Gasteiger partial charge in [-0.1, -0.05) is 12.5 Å². The number of ketones is 1. The fraction of sp³-hybridized carbons (Fsp3) is 0.750. The minimum Gasteiger partial charge on any atom is -0.317 e. The van der Waals surface area contributed by atoms with Gasteiger partial charge in [-0.2, -0.15) is 0 Å². The van der Waals surface area contributed by atoms with Crippen molar-refractivity contribution in [2.45, 2.75) is 39.5 Å². The molecule has 2 heteroatoms. The minimum atomic E-state index is -0.0687. The molecule has 0 amide bonds. The predicted molar refractivity (Wildman–Crippen MR) is 59.3 cm³/mol. The summed E-state index contributed by atoms with van der Waals surface area (Å²) >= 11 is 0. The summed E-state index contributed by atoms with van der Waals surface area (Å²) < 4.78 is 0. The maximum absolute atomic E-state index is 12.0. The van der Waals surface area contributed by atoms with E-state index in [9.17, 15) is 4.79 Å². The molecule has 1 aliphatic heterocycles. The molecule has 1 fully saturated rings. The first-order valence-corrected chi connectivity index (χ1v) is 5.43. The zero-order valence-corrected chi connectivity index (χ0v) is 9.36. The van der Waals surface area contributed by atoms with Crippen molar-refractivity contribution in [2.75, 3.05) is 13.1 Å². The fourth-order valence-corrected chi connectivity index (χ4v) is 1.89. The summed E-state index contributed by atoms with van der Waals surface area (Å²) in [6, 6.07) is 0. The summed E-state index contributed by atoms with van der Waals surface area (Å²) in [5.74, 6) is 0.419. The van der Waals surface area contributed by atoms with Crippen molar-refractivity contribution in [1.82, 2.24) is 5.32 Å². The van der Waals surface area contributed by atoms with Gasteiger partial charge in [0.05, 0.1) is 0 Å². The second-order valence-corrected chi connectivity index (χ2v) is 4.69. The number of carbonyl (C=O) groups excluding carboxylic acids is 1. The Bertz CT molecular complexity index is 226. The van der Waals surface area contributed by atoms with Crippen LogP contribution in [-0.4, -0.2) is 18.9 Å². The lowest BCUT2D eigenvalue weighted by molar-refractivity contribution is -0.129. The van der Waals surface area contributed by atoms with Gasteiger partial charge in [0.15, 0.2) is 0 Å². The van der Waals surface area contributed by atoms with Crippen molar-refractivity contribution in [3.8, 4) is 0 Å². The lowest BCUT2D eigenvalue weighted by Gasteiger charge is -2.32. The van der Waals surface area contributed by atoms with Crippen LogP contribution in [-0.2, 0) is 4.79 Å². The van der Waals surface area contributed by atoms with Gasteiger partial charge in [0.2, 0.25) is 0 Å². The van der Waals surface area contributed by atoms with Crippen molar-refractivity contribution in [3.63, 3.8) is 0 Å². The van der Waals surface area contributed by atoms with E-state index in [1.165, 1.54) is 0 Å². The second kappa shape index (κ2) is 4.74. The van der Waals surface area contributed by atoms with Gasteiger partial charge in [-0.15, -0.1) is 6.58 Å². The zero-order valence-electron chi connectivity index (χ0n) is 9.36. The van der Waals surface area contributed by atoms with Gasteiger partial charge >= 0.3 is 0 Å². The average Bonchev–Trinajstić information content (AvgIpc) is 2.15. The molecular formula is C12H21NO. The van der Waals surface area contributed by atoms with Crippen LogP contribution < -0.4 is 5.32 Å². The average molecular weight is 195 g/mol. The zero-order chi connectivity index (χ0) is 10.6. The van der Waals surface area contributed by atoms with Crippen LogP contribution in [0.25, 0.3) is 0 Å². The largest absolute Gasteiger partial charge is 0.317 e. The van der Waals surface area contributed by atoms with Crippen molar-refractivity contribution in [3.05, 3.63) is 12.2 Å². The third-order valence-corrected chi connectivity index (χ3v) is 3.16. The molecule has 0 aromatic carbocycles.